The van der Waals surface area contributed by atoms with E-state index in [1.165, 1.54) is 6.07 Å². The average molecular weight is 444 g/mol. The van der Waals surface area contributed by atoms with Crippen LogP contribution in [-0.2, 0) is 12.8 Å². The molecule has 1 aliphatic carbocycles. The molecule has 0 amide bonds. The molecule has 1 aromatic carbocycles. The second kappa shape index (κ2) is 6.69. The fraction of sp³-hybridized carbons (Fsp3) is 0.211. The van der Waals surface area contributed by atoms with Crippen molar-refractivity contribution < 1.29 is 4.39 Å². The van der Waals surface area contributed by atoms with E-state index in [9.17, 15) is 4.39 Å². The quantitative estimate of drug-likeness (QED) is 0.461. The van der Waals surface area contributed by atoms with Crippen molar-refractivity contribution in [2.24, 2.45) is 0 Å². The molecule has 0 saturated carbocycles. The van der Waals surface area contributed by atoms with Gasteiger partial charge in [0.15, 0.2) is 5.82 Å². The minimum atomic E-state index is -0.322. The van der Waals surface area contributed by atoms with Crippen LogP contribution in [0.1, 0.15) is 24.1 Å². The molecule has 0 saturated heterocycles. The summed E-state index contributed by atoms with van der Waals surface area (Å²) in [4.78, 5) is 10.3. The number of nitrogens with one attached hydrogen (secondary N) is 1. The highest BCUT2D eigenvalue weighted by molar-refractivity contribution is 9.10. The van der Waals surface area contributed by atoms with Crippen LogP contribution in [0.5, 0.6) is 0 Å². The third kappa shape index (κ3) is 3.02. The summed E-state index contributed by atoms with van der Waals surface area (Å²) in [6, 6.07) is 8.94. The van der Waals surface area contributed by atoms with E-state index in [-0.39, 0.29) is 5.82 Å². The number of fused-ring (bicyclic) bond motifs is 2. The van der Waals surface area contributed by atoms with Gasteiger partial charge in [-0.25, -0.2) is 9.37 Å². The summed E-state index contributed by atoms with van der Waals surface area (Å²) in [5.41, 5.74) is 2.53. The summed E-state index contributed by atoms with van der Waals surface area (Å²) in [5.74, 6) is 1.61. The molecule has 1 aliphatic rings. The number of rotatable bonds is 3. The van der Waals surface area contributed by atoms with E-state index < -0.39 is 0 Å². The maximum atomic E-state index is 14.4. The van der Waals surface area contributed by atoms with Crippen LogP contribution < -0.4 is 5.32 Å². The van der Waals surface area contributed by atoms with Gasteiger partial charge in [0, 0.05) is 10.0 Å². The third-order valence-corrected chi connectivity index (χ3v) is 6.05. The first-order valence-corrected chi connectivity index (χ1v) is 10.4. The van der Waals surface area contributed by atoms with Crippen LogP contribution in [0, 0.1) is 5.82 Å². The molecule has 0 atom stereocenters. The summed E-state index contributed by atoms with van der Waals surface area (Å²) in [7, 11) is 0. The van der Waals surface area contributed by atoms with Crippen molar-refractivity contribution >= 4 is 44.5 Å². The van der Waals surface area contributed by atoms with Crippen molar-refractivity contribution in [1.29, 1.82) is 0 Å². The Morgan fingerprint density at radius 1 is 1.15 bits per heavy atom. The standard InChI is InChI=1S/C19H15BrFN5S/c20-11-7-8-15(13(21)10-11)22-18-12-4-1-2-5-14(12)23-19-24-17(25-26(18)19)16-6-3-9-27-16/h3,6-10,22H,1-2,4-5H2. The number of hydrogen-bond donors (Lipinski definition) is 1. The van der Waals surface area contributed by atoms with Gasteiger partial charge < -0.3 is 5.32 Å². The Kier molecular flexibility index (Phi) is 4.17. The van der Waals surface area contributed by atoms with E-state index in [0.29, 0.717) is 21.8 Å². The monoisotopic (exact) mass is 443 g/mol. The van der Waals surface area contributed by atoms with Crippen LogP contribution in [0.3, 0.4) is 0 Å². The third-order valence-electron chi connectivity index (χ3n) is 4.69. The summed E-state index contributed by atoms with van der Waals surface area (Å²) >= 11 is 4.89. The van der Waals surface area contributed by atoms with Crippen molar-refractivity contribution in [2.45, 2.75) is 25.7 Å². The summed E-state index contributed by atoms with van der Waals surface area (Å²) in [5, 5.41) is 9.92. The van der Waals surface area contributed by atoms with E-state index in [1.54, 1.807) is 21.9 Å². The molecule has 5 rings (SSSR count). The molecule has 0 bridgehead atoms. The van der Waals surface area contributed by atoms with Gasteiger partial charge in [-0.3, -0.25) is 0 Å². The SMILES string of the molecule is Fc1cc(Br)ccc1Nc1c2c(nc3nc(-c4cccs4)nn13)CCCC2. The van der Waals surface area contributed by atoms with E-state index in [1.807, 2.05) is 23.6 Å². The highest BCUT2D eigenvalue weighted by Gasteiger charge is 2.22. The molecule has 5 nitrogen and oxygen atoms in total. The predicted octanol–water partition coefficient (Wildman–Crippen LogP) is 5.38. The predicted molar refractivity (Wildman–Crippen MR) is 108 cm³/mol. The van der Waals surface area contributed by atoms with Gasteiger partial charge in [0.25, 0.3) is 5.78 Å². The normalized spacial score (nSPS) is 13.7. The van der Waals surface area contributed by atoms with Crippen LogP contribution >= 0.6 is 27.3 Å². The molecule has 27 heavy (non-hydrogen) atoms. The van der Waals surface area contributed by atoms with E-state index in [4.69, 9.17) is 4.98 Å². The minimum absolute atomic E-state index is 0.322. The Morgan fingerprint density at radius 2 is 2.04 bits per heavy atom. The van der Waals surface area contributed by atoms with Crippen molar-refractivity contribution in [1.82, 2.24) is 19.6 Å². The van der Waals surface area contributed by atoms with E-state index in [2.05, 4.69) is 31.3 Å². The lowest BCUT2D eigenvalue weighted by Gasteiger charge is -2.20. The van der Waals surface area contributed by atoms with Crippen molar-refractivity contribution in [3.8, 4) is 10.7 Å². The Bertz CT molecular complexity index is 1140. The fourth-order valence-corrected chi connectivity index (χ4v) is 4.39. The number of halogens is 2. The van der Waals surface area contributed by atoms with Gasteiger partial charge in [0.05, 0.1) is 16.3 Å². The lowest BCUT2D eigenvalue weighted by atomic mass is 9.96. The molecule has 1 N–H and O–H groups in total. The number of benzene rings is 1. The van der Waals surface area contributed by atoms with Gasteiger partial charge in [0.1, 0.15) is 11.6 Å². The Labute approximate surface area is 167 Å². The molecule has 0 fully saturated rings. The first kappa shape index (κ1) is 16.8. The number of nitrogens with zero attached hydrogens (tertiary/aromatic N) is 4. The summed E-state index contributed by atoms with van der Waals surface area (Å²) < 4.78 is 16.9. The molecule has 3 heterocycles. The van der Waals surface area contributed by atoms with Gasteiger partial charge in [0.2, 0.25) is 0 Å². The van der Waals surface area contributed by atoms with Gasteiger partial charge in [-0.15, -0.1) is 16.4 Å². The van der Waals surface area contributed by atoms with E-state index in [0.717, 1.165) is 47.6 Å². The molecule has 3 aromatic heterocycles. The lowest BCUT2D eigenvalue weighted by molar-refractivity contribution is 0.630. The number of aromatic nitrogens is 4. The number of hydrogen-bond acceptors (Lipinski definition) is 5. The first-order chi connectivity index (χ1) is 13.2. The van der Waals surface area contributed by atoms with Crippen molar-refractivity contribution in [3.05, 3.63) is 57.3 Å². The average Bonchev–Trinajstić information content (AvgIpc) is 3.32. The fourth-order valence-electron chi connectivity index (χ4n) is 3.40. The molecular formula is C19H15BrFN5S. The zero-order valence-electron chi connectivity index (χ0n) is 14.2. The molecule has 136 valence electrons. The van der Waals surface area contributed by atoms with Crippen LogP contribution in [-0.4, -0.2) is 19.6 Å². The number of aryl methyl sites for hydroxylation is 1. The van der Waals surface area contributed by atoms with Gasteiger partial charge in [-0.2, -0.15) is 9.50 Å². The maximum absolute atomic E-state index is 14.4. The second-order valence-corrected chi connectivity index (χ2v) is 8.33. The van der Waals surface area contributed by atoms with Crippen LogP contribution in [0.25, 0.3) is 16.5 Å². The Balaban J connectivity index is 1.70. The molecule has 0 aliphatic heterocycles. The summed E-state index contributed by atoms with van der Waals surface area (Å²) in [6.45, 7) is 0. The van der Waals surface area contributed by atoms with Crippen LogP contribution in [0.4, 0.5) is 15.9 Å². The number of thiophene rings is 1. The first-order valence-electron chi connectivity index (χ1n) is 8.73. The molecule has 4 aromatic rings. The van der Waals surface area contributed by atoms with Gasteiger partial charge in [-0.1, -0.05) is 22.0 Å². The van der Waals surface area contributed by atoms with Crippen LogP contribution in [0.2, 0.25) is 0 Å². The Hall–Kier alpha value is -2.32. The molecular weight excluding hydrogens is 429 g/mol. The van der Waals surface area contributed by atoms with Crippen molar-refractivity contribution in [3.63, 3.8) is 0 Å². The number of anilines is 2. The molecule has 0 spiro atoms. The minimum Gasteiger partial charge on any atom is -0.337 e. The Morgan fingerprint density at radius 3 is 2.85 bits per heavy atom. The van der Waals surface area contributed by atoms with E-state index >= 15 is 0 Å². The topological polar surface area (TPSA) is 55.1 Å². The van der Waals surface area contributed by atoms with Gasteiger partial charge >= 0.3 is 0 Å². The molecule has 0 radical (unpaired) electrons. The smallest absolute Gasteiger partial charge is 0.254 e. The molecule has 0 unspecified atom stereocenters. The highest BCUT2D eigenvalue weighted by atomic mass is 79.9. The zero-order chi connectivity index (χ0) is 18.4. The zero-order valence-corrected chi connectivity index (χ0v) is 16.6. The maximum Gasteiger partial charge on any atom is 0.254 e. The second-order valence-electron chi connectivity index (χ2n) is 6.47. The highest BCUT2D eigenvalue weighted by Crippen LogP contribution is 2.32. The molecule has 8 heteroatoms. The van der Waals surface area contributed by atoms with Crippen molar-refractivity contribution in [2.75, 3.05) is 5.32 Å². The van der Waals surface area contributed by atoms with Crippen LogP contribution in [0.15, 0.2) is 40.2 Å². The largest absolute Gasteiger partial charge is 0.337 e. The summed E-state index contributed by atoms with van der Waals surface area (Å²) in [6.07, 6.45) is 4.00. The van der Waals surface area contributed by atoms with Gasteiger partial charge in [-0.05, 0) is 55.3 Å². The lowest BCUT2D eigenvalue weighted by Crippen LogP contribution is -2.14.